The summed E-state index contributed by atoms with van der Waals surface area (Å²) in [6, 6.07) is 25.3. The number of alkyl halides is 3. The van der Waals surface area contributed by atoms with Crippen molar-refractivity contribution < 1.29 is 40.4 Å². The molecule has 0 atom stereocenters. The van der Waals surface area contributed by atoms with Gasteiger partial charge in [-0.05, 0) is 43.5 Å². The van der Waals surface area contributed by atoms with Crippen molar-refractivity contribution in [3.05, 3.63) is 72.8 Å². The summed E-state index contributed by atoms with van der Waals surface area (Å²) in [5, 5.41) is 0. The number of rotatable bonds is 12. The third-order valence-electron chi connectivity index (χ3n) is 4.84. The SMILES string of the molecule is CCCOc1cc(OCCC)c([S+](c2ccccc2)c2ccccc2)c(OCCC)c1.O=S(=O)([O-])C(F)(F)F. The second kappa shape index (κ2) is 15.6. The van der Waals surface area contributed by atoms with Gasteiger partial charge in [-0.25, -0.2) is 8.42 Å². The van der Waals surface area contributed by atoms with Gasteiger partial charge < -0.3 is 18.8 Å². The van der Waals surface area contributed by atoms with Gasteiger partial charge in [0.05, 0.1) is 19.8 Å². The topological polar surface area (TPSA) is 84.9 Å². The zero-order chi connectivity index (χ0) is 28.9. The highest BCUT2D eigenvalue weighted by atomic mass is 32.2. The molecule has 11 heteroatoms. The summed E-state index contributed by atoms with van der Waals surface area (Å²) in [5.41, 5.74) is -5.65. The van der Waals surface area contributed by atoms with E-state index in [0.717, 1.165) is 41.4 Å². The average molecular weight is 587 g/mol. The summed E-state index contributed by atoms with van der Waals surface area (Å²) in [6.07, 6.45) is 2.83. The Bertz CT molecular complexity index is 1170. The Morgan fingerprint density at radius 2 is 1.08 bits per heavy atom. The number of halogens is 3. The standard InChI is InChI=1S/C27H33O3S.CHF3O3S/c1-4-17-28-22-20-25(29-18-5-2)27(26(21-22)30-19-6-3)31(23-13-9-7-10-14-23)24-15-11-8-12-16-24;2-1(3,4)8(5,6)7/h7-16,20-21H,4-6,17-19H2,1-3H3;(H,5,6,7)/q+1;/p-1. The molecule has 3 rings (SSSR count). The van der Waals surface area contributed by atoms with Crippen LogP contribution in [0.1, 0.15) is 40.0 Å². The fourth-order valence-electron chi connectivity index (χ4n) is 3.18. The van der Waals surface area contributed by atoms with E-state index in [2.05, 4.69) is 81.4 Å². The molecule has 0 aliphatic rings. The lowest BCUT2D eigenvalue weighted by Gasteiger charge is -2.18. The minimum absolute atomic E-state index is 0.364. The number of ether oxygens (including phenoxy) is 3. The average Bonchev–Trinajstić information content (AvgIpc) is 2.91. The molecular weight excluding hydrogens is 553 g/mol. The van der Waals surface area contributed by atoms with E-state index >= 15 is 0 Å². The quantitative estimate of drug-likeness (QED) is 0.127. The van der Waals surface area contributed by atoms with Crippen molar-refractivity contribution in [3.63, 3.8) is 0 Å². The van der Waals surface area contributed by atoms with Gasteiger partial charge in [-0.2, -0.15) is 13.2 Å². The summed E-state index contributed by atoms with van der Waals surface area (Å²) in [4.78, 5) is 3.56. The minimum atomic E-state index is -6.09. The van der Waals surface area contributed by atoms with Crippen LogP contribution in [0.3, 0.4) is 0 Å². The first-order valence-electron chi connectivity index (χ1n) is 12.5. The predicted octanol–water partition coefficient (Wildman–Crippen LogP) is 7.20. The molecule has 0 saturated carbocycles. The highest BCUT2D eigenvalue weighted by Crippen LogP contribution is 2.45. The zero-order valence-corrected chi connectivity index (χ0v) is 23.7. The predicted molar refractivity (Wildman–Crippen MR) is 145 cm³/mol. The molecule has 0 bridgehead atoms. The van der Waals surface area contributed by atoms with Gasteiger partial charge in [0, 0.05) is 12.1 Å². The number of benzene rings is 3. The Balaban J connectivity index is 0.000000580. The van der Waals surface area contributed by atoms with Crippen molar-refractivity contribution in [3.8, 4) is 17.2 Å². The van der Waals surface area contributed by atoms with Gasteiger partial charge in [-0.1, -0.05) is 57.2 Å². The lowest BCUT2D eigenvalue weighted by Crippen LogP contribution is -2.21. The van der Waals surface area contributed by atoms with E-state index in [0.29, 0.717) is 19.8 Å². The molecule has 0 unspecified atom stereocenters. The van der Waals surface area contributed by atoms with Gasteiger partial charge in [0.25, 0.3) is 0 Å². The molecule has 0 aliphatic carbocycles. The van der Waals surface area contributed by atoms with E-state index < -0.39 is 15.6 Å². The monoisotopic (exact) mass is 586 g/mol. The Hall–Kier alpha value is -2.89. The van der Waals surface area contributed by atoms with Crippen LogP contribution in [0.25, 0.3) is 0 Å². The van der Waals surface area contributed by atoms with Gasteiger partial charge in [-0.3, -0.25) is 0 Å². The smallest absolute Gasteiger partial charge is 0.485 e. The van der Waals surface area contributed by atoms with E-state index in [1.54, 1.807) is 0 Å². The lowest BCUT2D eigenvalue weighted by molar-refractivity contribution is -0.0517. The molecule has 0 N–H and O–H groups in total. The van der Waals surface area contributed by atoms with Gasteiger partial charge in [0.15, 0.2) is 31.4 Å². The van der Waals surface area contributed by atoms with Crippen molar-refractivity contribution >= 4 is 21.0 Å². The van der Waals surface area contributed by atoms with E-state index in [1.807, 2.05) is 12.1 Å². The highest BCUT2D eigenvalue weighted by Gasteiger charge is 2.37. The third kappa shape index (κ3) is 9.98. The van der Waals surface area contributed by atoms with Crippen molar-refractivity contribution in [2.24, 2.45) is 0 Å². The van der Waals surface area contributed by atoms with Crippen LogP contribution in [0.5, 0.6) is 17.2 Å². The van der Waals surface area contributed by atoms with Crippen LogP contribution in [0, 0.1) is 0 Å². The lowest BCUT2D eigenvalue weighted by atomic mass is 10.3. The zero-order valence-electron chi connectivity index (χ0n) is 22.1. The van der Waals surface area contributed by atoms with E-state index in [9.17, 15) is 13.2 Å². The van der Waals surface area contributed by atoms with Crippen molar-refractivity contribution in [1.29, 1.82) is 0 Å². The molecule has 0 heterocycles. The molecule has 0 amide bonds. The molecule has 3 aromatic carbocycles. The van der Waals surface area contributed by atoms with Crippen LogP contribution < -0.4 is 14.2 Å². The first-order valence-corrected chi connectivity index (χ1v) is 15.1. The molecule has 214 valence electrons. The molecule has 0 aromatic heterocycles. The Morgan fingerprint density at radius 1 is 0.718 bits per heavy atom. The molecule has 6 nitrogen and oxygen atoms in total. The maximum atomic E-state index is 10.7. The van der Waals surface area contributed by atoms with Crippen LogP contribution in [0.2, 0.25) is 0 Å². The molecule has 39 heavy (non-hydrogen) atoms. The van der Waals surface area contributed by atoms with Crippen LogP contribution in [-0.2, 0) is 21.0 Å². The van der Waals surface area contributed by atoms with Crippen LogP contribution in [0.4, 0.5) is 13.2 Å². The maximum Gasteiger partial charge on any atom is 0.485 e. The largest absolute Gasteiger partial charge is 0.741 e. The van der Waals surface area contributed by atoms with Crippen LogP contribution >= 0.6 is 0 Å². The molecular formula is C28H33F3O6S2. The fourth-order valence-corrected chi connectivity index (χ4v) is 5.42. The maximum absolute atomic E-state index is 10.7. The summed E-state index contributed by atoms with van der Waals surface area (Å²) >= 11 is 0. The first-order chi connectivity index (χ1) is 18.5. The Kier molecular flexibility index (Phi) is 13.0. The fraction of sp³-hybridized carbons (Fsp3) is 0.357. The van der Waals surface area contributed by atoms with Crippen LogP contribution in [0.15, 0.2) is 87.5 Å². The summed E-state index contributed by atoms with van der Waals surface area (Å²) in [5.74, 6) is 2.49. The van der Waals surface area contributed by atoms with Gasteiger partial charge in [-0.15, -0.1) is 0 Å². The second-order valence-electron chi connectivity index (χ2n) is 8.13. The molecule has 0 aliphatic heterocycles. The van der Waals surface area contributed by atoms with Gasteiger partial charge in [0.2, 0.25) is 4.90 Å². The second-order valence-corrected chi connectivity index (χ2v) is 11.5. The molecule has 0 saturated heterocycles. The third-order valence-corrected chi connectivity index (χ3v) is 7.70. The Labute approximate surface area is 231 Å². The van der Waals surface area contributed by atoms with Crippen molar-refractivity contribution in [2.45, 2.75) is 60.2 Å². The summed E-state index contributed by atoms with van der Waals surface area (Å²) < 4.78 is 77.5. The Morgan fingerprint density at radius 3 is 1.41 bits per heavy atom. The summed E-state index contributed by atoms with van der Waals surface area (Å²) in [6.45, 7) is 8.33. The molecule has 0 spiro atoms. The first kappa shape index (κ1) is 32.3. The number of hydrogen-bond donors (Lipinski definition) is 0. The van der Waals surface area contributed by atoms with Crippen molar-refractivity contribution in [2.75, 3.05) is 19.8 Å². The van der Waals surface area contributed by atoms with Gasteiger partial charge >= 0.3 is 5.51 Å². The van der Waals surface area contributed by atoms with Crippen LogP contribution in [-0.4, -0.2) is 38.3 Å². The van der Waals surface area contributed by atoms with E-state index in [1.165, 1.54) is 9.79 Å². The summed E-state index contributed by atoms with van der Waals surface area (Å²) in [7, 11) is -6.45. The minimum Gasteiger partial charge on any atom is -0.741 e. The van der Waals surface area contributed by atoms with Crippen molar-refractivity contribution in [1.82, 2.24) is 0 Å². The van der Waals surface area contributed by atoms with E-state index in [-0.39, 0.29) is 10.9 Å². The van der Waals surface area contributed by atoms with E-state index in [4.69, 9.17) is 27.2 Å². The molecule has 3 aromatic rings. The number of hydrogen-bond acceptors (Lipinski definition) is 6. The highest BCUT2D eigenvalue weighted by molar-refractivity contribution is 7.97. The molecule has 0 fully saturated rings. The molecule has 0 radical (unpaired) electrons. The van der Waals surface area contributed by atoms with Gasteiger partial charge in [0.1, 0.15) is 16.6 Å². The normalized spacial score (nSPS) is 11.5.